The average Bonchev–Trinajstić information content (AvgIpc) is 2.75. The van der Waals surface area contributed by atoms with Crippen molar-refractivity contribution in [2.75, 3.05) is 18.4 Å². The molecule has 0 amide bonds. The Bertz CT molecular complexity index is 1180. The molecular formula is C22H20ClNO6S. The fraction of sp³-hybridized carbons (Fsp3) is 0.136. The van der Waals surface area contributed by atoms with Crippen LogP contribution in [-0.2, 0) is 19.6 Å². The summed E-state index contributed by atoms with van der Waals surface area (Å²) in [7, 11) is -2.70. The molecule has 7 nitrogen and oxygen atoms in total. The van der Waals surface area contributed by atoms with E-state index >= 15 is 0 Å². The van der Waals surface area contributed by atoms with Crippen molar-refractivity contribution in [3.63, 3.8) is 0 Å². The van der Waals surface area contributed by atoms with Crippen LogP contribution in [0.5, 0.6) is 17.2 Å². The molecule has 162 valence electrons. The third-order valence-corrected chi connectivity index (χ3v) is 5.79. The van der Waals surface area contributed by atoms with E-state index in [4.69, 9.17) is 21.1 Å². The van der Waals surface area contributed by atoms with Gasteiger partial charge in [-0.05, 0) is 61.0 Å². The zero-order valence-electron chi connectivity index (χ0n) is 16.8. The summed E-state index contributed by atoms with van der Waals surface area (Å²) in [6.07, 6.45) is 0. The van der Waals surface area contributed by atoms with Gasteiger partial charge in [-0.25, -0.2) is 13.2 Å². The maximum absolute atomic E-state index is 13.0. The van der Waals surface area contributed by atoms with Crippen molar-refractivity contribution >= 4 is 33.3 Å². The van der Waals surface area contributed by atoms with Gasteiger partial charge in [-0.15, -0.1) is 0 Å². The number of benzene rings is 3. The number of rotatable bonds is 8. The monoisotopic (exact) mass is 461 g/mol. The highest BCUT2D eigenvalue weighted by Gasteiger charge is 2.19. The molecule has 0 fully saturated rings. The van der Waals surface area contributed by atoms with Crippen LogP contribution < -0.4 is 14.2 Å². The average molecular weight is 462 g/mol. The lowest BCUT2D eigenvalue weighted by molar-refractivity contribution is -0.142. The molecule has 0 saturated heterocycles. The maximum atomic E-state index is 13.0. The van der Waals surface area contributed by atoms with E-state index in [1.54, 1.807) is 31.2 Å². The van der Waals surface area contributed by atoms with Gasteiger partial charge in [-0.1, -0.05) is 29.8 Å². The Hall–Kier alpha value is -3.23. The van der Waals surface area contributed by atoms with Crippen molar-refractivity contribution in [3.8, 4) is 17.2 Å². The van der Waals surface area contributed by atoms with Gasteiger partial charge in [-0.3, -0.25) is 4.72 Å². The van der Waals surface area contributed by atoms with Crippen LogP contribution in [0.1, 0.15) is 5.56 Å². The van der Waals surface area contributed by atoms with Crippen LogP contribution in [0.3, 0.4) is 0 Å². The Morgan fingerprint density at radius 3 is 2.39 bits per heavy atom. The highest BCUT2D eigenvalue weighted by atomic mass is 35.5. The van der Waals surface area contributed by atoms with Gasteiger partial charge in [0.15, 0.2) is 12.4 Å². The zero-order valence-corrected chi connectivity index (χ0v) is 18.4. The fourth-order valence-corrected chi connectivity index (χ4v) is 3.95. The molecule has 0 aliphatic carbocycles. The number of aryl methyl sites for hydroxylation is 1. The molecule has 0 aliphatic heterocycles. The number of carbonyl (C=O) groups is 1. The number of nitrogens with one attached hydrogen (secondary N) is 1. The lowest BCUT2D eigenvalue weighted by Crippen LogP contribution is -2.15. The molecule has 0 saturated carbocycles. The summed E-state index contributed by atoms with van der Waals surface area (Å²) in [5, 5.41) is 0.348. The van der Waals surface area contributed by atoms with Crippen molar-refractivity contribution in [2.24, 2.45) is 0 Å². The molecule has 0 radical (unpaired) electrons. The first-order chi connectivity index (χ1) is 14.8. The van der Waals surface area contributed by atoms with E-state index in [0.717, 1.165) is 0 Å². The number of para-hydroxylation sites is 1. The second-order valence-corrected chi connectivity index (χ2v) is 8.57. The van der Waals surface area contributed by atoms with Crippen LogP contribution in [0.2, 0.25) is 5.02 Å². The van der Waals surface area contributed by atoms with Gasteiger partial charge in [0.05, 0.1) is 17.7 Å². The van der Waals surface area contributed by atoms with Crippen molar-refractivity contribution in [1.82, 2.24) is 0 Å². The Labute approximate surface area is 185 Å². The first-order valence-electron chi connectivity index (χ1n) is 9.14. The van der Waals surface area contributed by atoms with E-state index in [1.807, 2.05) is 18.2 Å². The van der Waals surface area contributed by atoms with Crippen LogP contribution in [0, 0.1) is 6.92 Å². The Balaban J connectivity index is 1.84. The number of esters is 1. The Kier molecular flexibility index (Phi) is 7.04. The Morgan fingerprint density at radius 2 is 1.71 bits per heavy atom. The maximum Gasteiger partial charge on any atom is 0.343 e. The van der Waals surface area contributed by atoms with E-state index in [1.165, 1.54) is 31.4 Å². The third-order valence-electron chi connectivity index (χ3n) is 4.19. The fourth-order valence-electron chi connectivity index (χ4n) is 2.64. The molecule has 0 bridgehead atoms. The first-order valence-corrected chi connectivity index (χ1v) is 11.0. The number of hydrogen-bond acceptors (Lipinski definition) is 6. The molecule has 3 aromatic carbocycles. The van der Waals surface area contributed by atoms with Crippen molar-refractivity contribution in [3.05, 3.63) is 77.3 Å². The van der Waals surface area contributed by atoms with Crippen molar-refractivity contribution in [1.29, 1.82) is 0 Å². The highest BCUT2D eigenvalue weighted by Crippen LogP contribution is 2.34. The standard InChI is InChI=1S/C22H20ClNO6S/c1-15-12-18(9-11-20(15)29-14-22(25)28-2)31(26,27)24-19-13-16(23)8-10-21(19)30-17-6-4-3-5-7-17/h3-13,24H,14H2,1-2H3. The predicted molar refractivity (Wildman–Crippen MR) is 117 cm³/mol. The van der Waals surface area contributed by atoms with E-state index in [-0.39, 0.29) is 17.2 Å². The zero-order chi connectivity index (χ0) is 22.4. The largest absolute Gasteiger partial charge is 0.482 e. The van der Waals surface area contributed by atoms with Gasteiger partial charge in [0.2, 0.25) is 0 Å². The quantitative estimate of drug-likeness (QED) is 0.485. The van der Waals surface area contributed by atoms with Gasteiger partial charge in [0, 0.05) is 5.02 Å². The van der Waals surface area contributed by atoms with Crippen LogP contribution in [0.25, 0.3) is 0 Å². The lowest BCUT2D eigenvalue weighted by atomic mass is 10.2. The molecule has 3 rings (SSSR count). The Morgan fingerprint density at radius 1 is 1.00 bits per heavy atom. The molecule has 3 aromatic rings. The molecular weight excluding hydrogens is 442 g/mol. The highest BCUT2D eigenvalue weighted by molar-refractivity contribution is 7.92. The summed E-state index contributed by atoms with van der Waals surface area (Å²) in [5.74, 6) is 0.687. The number of halogens is 1. The van der Waals surface area contributed by atoms with E-state index < -0.39 is 16.0 Å². The number of carbonyl (C=O) groups excluding carboxylic acids is 1. The minimum absolute atomic E-state index is 0.0149. The minimum atomic E-state index is -3.96. The summed E-state index contributed by atoms with van der Waals surface area (Å²) in [6.45, 7) is 1.40. The van der Waals surface area contributed by atoms with Gasteiger partial charge in [0.1, 0.15) is 11.5 Å². The molecule has 31 heavy (non-hydrogen) atoms. The van der Waals surface area contributed by atoms with Crippen LogP contribution in [0.15, 0.2) is 71.6 Å². The van der Waals surface area contributed by atoms with Crippen LogP contribution in [-0.4, -0.2) is 28.1 Å². The molecule has 0 atom stereocenters. The van der Waals surface area contributed by atoms with Crippen molar-refractivity contribution in [2.45, 2.75) is 11.8 Å². The molecule has 0 unspecified atom stereocenters. The van der Waals surface area contributed by atoms with Gasteiger partial charge >= 0.3 is 5.97 Å². The smallest absolute Gasteiger partial charge is 0.343 e. The first kappa shape index (κ1) is 22.5. The molecule has 9 heteroatoms. The number of sulfonamides is 1. The van der Waals surface area contributed by atoms with E-state index in [9.17, 15) is 13.2 Å². The number of methoxy groups -OCH3 is 1. The summed E-state index contributed by atoms with van der Waals surface area (Å²) >= 11 is 6.07. The van der Waals surface area contributed by atoms with E-state index in [2.05, 4.69) is 9.46 Å². The van der Waals surface area contributed by atoms with Crippen molar-refractivity contribution < 1.29 is 27.4 Å². The lowest BCUT2D eigenvalue weighted by Gasteiger charge is -2.15. The molecule has 1 N–H and O–H groups in total. The van der Waals surface area contributed by atoms with Crippen LogP contribution >= 0.6 is 11.6 Å². The molecule has 0 spiro atoms. The molecule has 0 aliphatic rings. The second kappa shape index (κ2) is 9.72. The topological polar surface area (TPSA) is 90.9 Å². The molecule has 0 heterocycles. The van der Waals surface area contributed by atoms with Gasteiger partial charge < -0.3 is 14.2 Å². The van der Waals surface area contributed by atoms with Crippen LogP contribution in [0.4, 0.5) is 5.69 Å². The summed E-state index contributed by atoms with van der Waals surface area (Å²) in [4.78, 5) is 11.3. The third kappa shape index (κ3) is 5.90. The summed E-state index contributed by atoms with van der Waals surface area (Å²) in [5.41, 5.74) is 0.735. The number of anilines is 1. The predicted octanol–water partition coefficient (Wildman–Crippen LogP) is 4.79. The summed E-state index contributed by atoms with van der Waals surface area (Å²) in [6, 6.07) is 17.9. The van der Waals surface area contributed by atoms with E-state index in [0.29, 0.717) is 27.8 Å². The number of hydrogen-bond donors (Lipinski definition) is 1. The summed E-state index contributed by atoms with van der Waals surface area (Å²) < 4.78 is 44.1. The number of ether oxygens (including phenoxy) is 3. The van der Waals surface area contributed by atoms with Gasteiger partial charge in [-0.2, -0.15) is 0 Å². The SMILES string of the molecule is COC(=O)COc1ccc(S(=O)(=O)Nc2cc(Cl)ccc2Oc2ccccc2)cc1C. The van der Waals surface area contributed by atoms with Gasteiger partial charge in [0.25, 0.3) is 10.0 Å². The second-order valence-electron chi connectivity index (χ2n) is 6.45. The normalized spacial score (nSPS) is 10.9. The minimum Gasteiger partial charge on any atom is -0.482 e. The molecule has 0 aromatic heterocycles.